The summed E-state index contributed by atoms with van der Waals surface area (Å²) in [6.45, 7) is 7.95. The van der Waals surface area contributed by atoms with Gasteiger partial charge in [0, 0.05) is 12.8 Å². The minimum atomic E-state index is -1.64. The van der Waals surface area contributed by atoms with E-state index >= 15 is 0 Å². The second kappa shape index (κ2) is 17.6. The number of hydrogen-bond donors (Lipinski definition) is 1. The zero-order valence-corrected chi connectivity index (χ0v) is 25.3. The Morgan fingerprint density at radius 2 is 1.26 bits per heavy atom. The average molecular weight is 604 g/mol. The van der Waals surface area contributed by atoms with Crippen LogP contribution >= 0.6 is 0 Å². The van der Waals surface area contributed by atoms with E-state index in [0.29, 0.717) is 36.0 Å². The van der Waals surface area contributed by atoms with Crippen molar-refractivity contribution in [2.45, 2.75) is 58.9 Å². The first-order valence-corrected chi connectivity index (χ1v) is 14.0. The summed E-state index contributed by atoms with van der Waals surface area (Å²) < 4.78 is 35.9. The minimum Gasteiger partial charge on any atom is -0.468 e. The minimum absolute atomic E-state index is 0.105. The molecule has 0 heterocycles. The molecule has 2 aromatic rings. The first kappa shape index (κ1) is 34.9. The Kier molecular flexibility index (Phi) is 14.3. The van der Waals surface area contributed by atoms with Crippen LogP contribution in [0.4, 0.5) is 14.4 Å². The molecule has 236 valence electrons. The molecule has 12 nitrogen and oxygen atoms in total. The number of para-hydroxylation sites is 1. The monoisotopic (exact) mass is 603 g/mol. The highest BCUT2D eigenvalue weighted by Gasteiger charge is 2.36. The number of nitrogens with two attached hydrogens (primary N) is 1. The van der Waals surface area contributed by atoms with E-state index in [4.69, 9.17) is 38.9 Å². The second-order valence-corrected chi connectivity index (χ2v) is 10.6. The lowest BCUT2D eigenvalue weighted by Gasteiger charge is -2.26. The van der Waals surface area contributed by atoms with Crippen LogP contribution in [0.1, 0.15) is 52.5 Å². The van der Waals surface area contributed by atoms with Gasteiger partial charge in [-0.3, -0.25) is 4.79 Å². The quantitative estimate of drug-likeness (QED) is 0.148. The van der Waals surface area contributed by atoms with Crippen molar-refractivity contribution < 1.29 is 52.3 Å². The number of benzene rings is 2. The predicted molar refractivity (Wildman–Crippen MR) is 155 cm³/mol. The van der Waals surface area contributed by atoms with E-state index in [1.54, 1.807) is 30.3 Å². The first-order chi connectivity index (χ1) is 20.4. The highest BCUT2D eigenvalue weighted by atomic mass is 16.7. The summed E-state index contributed by atoms with van der Waals surface area (Å²) in [7, 11) is 1.18. The summed E-state index contributed by atoms with van der Waals surface area (Å²) in [6.07, 6.45) is -1.93. The lowest BCUT2D eigenvalue weighted by Crippen LogP contribution is -2.51. The van der Waals surface area contributed by atoms with Crippen LogP contribution in [-0.2, 0) is 30.2 Å². The topological polar surface area (TPSA) is 159 Å². The van der Waals surface area contributed by atoms with Crippen LogP contribution < -0.4 is 19.9 Å². The fourth-order valence-electron chi connectivity index (χ4n) is 3.58. The van der Waals surface area contributed by atoms with Crippen LogP contribution in [0.25, 0.3) is 0 Å². The summed E-state index contributed by atoms with van der Waals surface area (Å²) in [6, 6.07) is 12.6. The summed E-state index contributed by atoms with van der Waals surface area (Å²) in [4.78, 5) is 49.4. The average Bonchev–Trinajstić information content (AvgIpc) is 2.94. The second-order valence-electron chi connectivity index (χ2n) is 10.6. The number of ether oxygens (including phenoxy) is 7. The fraction of sp³-hybridized carbons (Fsp3) is 0.484. The lowest BCUT2D eigenvalue weighted by molar-refractivity contribution is -0.147. The Morgan fingerprint density at radius 1 is 0.721 bits per heavy atom. The van der Waals surface area contributed by atoms with Gasteiger partial charge in [-0.05, 0) is 54.5 Å². The zero-order chi connectivity index (χ0) is 31.8. The SMILES string of the molecule is COC(=O)[C@@](N)(CCOC(=O)Oc1ccccc1)Cc1ccc(OC(=O)OCCC(C)C)c(OC(=O)OCCC(C)C)c1. The van der Waals surface area contributed by atoms with Gasteiger partial charge in [0.15, 0.2) is 11.5 Å². The van der Waals surface area contributed by atoms with Crippen molar-refractivity contribution >= 4 is 24.4 Å². The molecule has 0 spiro atoms. The molecular formula is C31H41NO11. The zero-order valence-electron chi connectivity index (χ0n) is 25.3. The third kappa shape index (κ3) is 13.0. The Morgan fingerprint density at radius 3 is 1.81 bits per heavy atom. The Hall–Kier alpha value is -4.32. The van der Waals surface area contributed by atoms with Crippen molar-refractivity contribution in [3.63, 3.8) is 0 Å². The predicted octanol–water partition coefficient (Wildman–Crippen LogP) is 5.83. The fourth-order valence-corrected chi connectivity index (χ4v) is 3.58. The van der Waals surface area contributed by atoms with E-state index in [1.807, 2.05) is 27.7 Å². The molecule has 0 bridgehead atoms. The molecule has 2 N–H and O–H groups in total. The first-order valence-electron chi connectivity index (χ1n) is 14.0. The van der Waals surface area contributed by atoms with Crippen LogP contribution in [0.15, 0.2) is 48.5 Å². The Bertz CT molecular complexity index is 1200. The van der Waals surface area contributed by atoms with Gasteiger partial charge in [-0.2, -0.15) is 0 Å². The molecule has 0 aromatic heterocycles. The lowest BCUT2D eigenvalue weighted by atomic mass is 9.88. The molecular weight excluding hydrogens is 562 g/mol. The molecule has 0 amide bonds. The highest BCUT2D eigenvalue weighted by Crippen LogP contribution is 2.31. The van der Waals surface area contributed by atoms with Crippen LogP contribution in [-0.4, -0.2) is 56.9 Å². The summed E-state index contributed by atoms with van der Waals surface area (Å²) >= 11 is 0. The van der Waals surface area contributed by atoms with Crippen LogP contribution in [0.5, 0.6) is 17.2 Å². The van der Waals surface area contributed by atoms with E-state index in [2.05, 4.69) is 0 Å². The summed E-state index contributed by atoms with van der Waals surface area (Å²) in [5.41, 5.74) is 5.20. The summed E-state index contributed by atoms with van der Waals surface area (Å²) in [5, 5.41) is 0. The van der Waals surface area contributed by atoms with E-state index < -0.39 is 30.0 Å². The van der Waals surface area contributed by atoms with Crippen LogP contribution in [0, 0.1) is 11.8 Å². The molecule has 0 aliphatic heterocycles. The summed E-state index contributed by atoms with van der Waals surface area (Å²) in [5.74, 6) is -0.110. The molecule has 0 aliphatic rings. The van der Waals surface area contributed by atoms with Gasteiger partial charge in [0.25, 0.3) is 0 Å². The molecule has 0 unspecified atom stereocenters. The van der Waals surface area contributed by atoms with Gasteiger partial charge in [0.05, 0.1) is 26.9 Å². The van der Waals surface area contributed by atoms with Crippen LogP contribution in [0.2, 0.25) is 0 Å². The van der Waals surface area contributed by atoms with Gasteiger partial charge < -0.3 is 38.9 Å². The molecule has 0 saturated heterocycles. The molecule has 1 atom stereocenters. The van der Waals surface area contributed by atoms with Gasteiger partial charge in [-0.1, -0.05) is 52.0 Å². The van der Waals surface area contributed by atoms with Gasteiger partial charge in [-0.25, -0.2) is 14.4 Å². The third-order valence-electron chi connectivity index (χ3n) is 6.05. The number of rotatable bonds is 15. The Balaban J connectivity index is 2.17. The molecule has 0 radical (unpaired) electrons. The largest absolute Gasteiger partial charge is 0.513 e. The number of methoxy groups -OCH3 is 1. The van der Waals surface area contributed by atoms with Crippen LogP contribution in [0.3, 0.4) is 0 Å². The van der Waals surface area contributed by atoms with E-state index in [1.165, 1.54) is 25.3 Å². The van der Waals surface area contributed by atoms with E-state index in [-0.39, 0.29) is 44.2 Å². The van der Waals surface area contributed by atoms with Crippen molar-refractivity contribution in [2.24, 2.45) is 17.6 Å². The smallest absolute Gasteiger partial charge is 0.468 e. The van der Waals surface area contributed by atoms with Gasteiger partial charge in [0.2, 0.25) is 0 Å². The maximum atomic E-state index is 12.7. The van der Waals surface area contributed by atoms with E-state index in [9.17, 15) is 19.2 Å². The maximum absolute atomic E-state index is 12.7. The number of carbonyl (C=O) groups is 4. The van der Waals surface area contributed by atoms with E-state index in [0.717, 1.165) is 0 Å². The molecule has 2 rings (SSSR count). The van der Waals surface area contributed by atoms with Crippen molar-refractivity contribution in [3.05, 3.63) is 54.1 Å². The number of hydrogen-bond acceptors (Lipinski definition) is 12. The molecule has 0 saturated carbocycles. The molecule has 43 heavy (non-hydrogen) atoms. The molecule has 2 aromatic carbocycles. The molecule has 12 heteroatoms. The highest BCUT2D eigenvalue weighted by molar-refractivity contribution is 5.81. The van der Waals surface area contributed by atoms with Gasteiger partial charge >= 0.3 is 24.4 Å². The standard InChI is InChI=1S/C31H41NO11/c1-21(2)13-16-38-29(35)42-25-12-11-23(19-26(25)43-30(36)39-17-14-22(3)4)20-31(32,27(33)37-5)15-18-40-28(34)41-24-9-7-6-8-10-24/h6-12,19,21-22H,13-18,20,32H2,1-5H3/t31-/m1/s1. The van der Waals surface area contributed by atoms with Crippen molar-refractivity contribution in [1.82, 2.24) is 0 Å². The number of carbonyl (C=O) groups excluding carboxylic acids is 4. The van der Waals surface area contributed by atoms with Gasteiger partial charge in [0.1, 0.15) is 11.3 Å². The van der Waals surface area contributed by atoms with Crippen molar-refractivity contribution in [2.75, 3.05) is 26.9 Å². The maximum Gasteiger partial charge on any atom is 0.513 e. The third-order valence-corrected chi connectivity index (χ3v) is 6.05. The number of esters is 1. The van der Waals surface area contributed by atoms with Gasteiger partial charge in [-0.15, -0.1) is 0 Å². The van der Waals surface area contributed by atoms with Crippen molar-refractivity contribution in [3.8, 4) is 17.2 Å². The molecule has 0 aliphatic carbocycles. The molecule has 0 fully saturated rings. The normalized spacial score (nSPS) is 12.2. The Labute approximate surface area is 251 Å². The van der Waals surface area contributed by atoms with Crippen molar-refractivity contribution in [1.29, 1.82) is 0 Å².